The second-order valence-electron chi connectivity index (χ2n) is 8.77. The molecule has 0 unspecified atom stereocenters. The summed E-state index contributed by atoms with van der Waals surface area (Å²) in [5, 5.41) is 0. The fourth-order valence-electron chi connectivity index (χ4n) is 4.69. The average molecular weight is 457 g/mol. The van der Waals surface area contributed by atoms with Crippen LogP contribution in [0.3, 0.4) is 0 Å². The molecule has 0 spiro atoms. The monoisotopic (exact) mass is 456 g/mol. The van der Waals surface area contributed by atoms with E-state index in [-0.39, 0.29) is 18.0 Å². The van der Waals surface area contributed by atoms with Crippen molar-refractivity contribution in [1.29, 1.82) is 0 Å². The topological polar surface area (TPSA) is 59.1 Å². The van der Waals surface area contributed by atoms with Gasteiger partial charge in [-0.05, 0) is 41.0 Å². The van der Waals surface area contributed by atoms with E-state index in [2.05, 4.69) is 17.0 Å². The number of morpholine rings is 1. The maximum Gasteiger partial charge on any atom is 0.339 e. The van der Waals surface area contributed by atoms with Crippen molar-refractivity contribution in [2.24, 2.45) is 0 Å². The first kappa shape index (κ1) is 22.2. The molecule has 5 rings (SSSR count). The number of hydrogen-bond acceptors (Lipinski definition) is 5. The Hall–Kier alpha value is -3.64. The van der Waals surface area contributed by atoms with E-state index in [0.717, 1.165) is 35.5 Å². The van der Waals surface area contributed by atoms with Crippen molar-refractivity contribution in [3.8, 4) is 0 Å². The average Bonchev–Trinajstić information content (AvgIpc) is 2.89. The summed E-state index contributed by atoms with van der Waals surface area (Å²) in [7, 11) is 1.82. The molecule has 6 heteroatoms. The van der Waals surface area contributed by atoms with E-state index in [1.165, 1.54) is 0 Å². The van der Waals surface area contributed by atoms with Gasteiger partial charge in [0.25, 0.3) is 5.91 Å². The van der Waals surface area contributed by atoms with Crippen LogP contribution in [0.5, 0.6) is 0 Å². The van der Waals surface area contributed by atoms with Crippen LogP contribution in [0.15, 0.2) is 72.8 Å². The van der Waals surface area contributed by atoms with E-state index in [1.54, 1.807) is 17.0 Å². The molecular weight excluding hydrogens is 428 g/mol. The highest BCUT2D eigenvalue weighted by Gasteiger charge is 2.28. The van der Waals surface area contributed by atoms with E-state index in [9.17, 15) is 9.59 Å². The first-order valence-corrected chi connectivity index (χ1v) is 11.6. The van der Waals surface area contributed by atoms with Crippen LogP contribution in [0.1, 0.15) is 43.5 Å². The van der Waals surface area contributed by atoms with Crippen molar-refractivity contribution in [2.45, 2.75) is 19.1 Å². The number of cyclic esters (lactones) is 1. The van der Waals surface area contributed by atoms with Crippen molar-refractivity contribution < 1.29 is 19.1 Å². The van der Waals surface area contributed by atoms with Crippen molar-refractivity contribution in [3.63, 3.8) is 0 Å². The zero-order chi connectivity index (χ0) is 23.5. The fraction of sp³-hybridized carbons (Fsp3) is 0.286. The van der Waals surface area contributed by atoms with Gasteiger partial charge in [-0.25, -0.2) is 4.79 Å². The molecule has 1 saturated heterocycles. The van der Waals surface area contributed by atoms with Gasteiger partial charge in [0.2, 0.25) is 0 Å². The molecule has 6 nitrogen and oxygen atoms in total. The maximum absolute atomic E-state index is 13.3. The number of hydrogen-bond donors (Lipinski definition) is 0. The Morgan fingerprint density at radius 3 is 2.53 bits per heavy atom. The SMILES string of the molecule is CN(Cc1ccccc1N1CCOCC1)C(=O)c1ccc2c(c1)C[C@@H](c1ccccc1)OC2=O. The minimum absolute atomic E-state index is 0.0743. The van der Waals surface area contributed by atoms with Gasteiger partial charge in [0.05, 0.1) is 18.8 Å². The zero-order valence-electron chi connectivity index (χ0n) is 19.3. The number of ether oxygens (including phenoxy) is 2. The highest BCUT2D eigenvalue weighted by atomic mass is 16.5. The van der Waals surface area contributed by atoms with Crippen LogP contribution in [-0.2, 0) is 22.4 Å². The summed E-state index contributed by atoms with van der Waals surface area (Å²) < 4.78 is 11.1. The number of carbonyl (C=O) groups excluding carboxylic acids is 2. The van der Waals surface area contributed by atoms with Crippen LogP contribution < -0.4 is 4.90 Å². The molecule has 0 aliphatic carbocycles. The lowest BCUT2D eigenvalue weighted by Crippen LogP contribution is -2.37. The maximum atomic E-state index is 13.3. The third-order valence-corrected chi connectivity index (χ3v) is 6.50. The molecule has 3 aromatic carbocycles. The molecule has 0 bridgehead atoms. The van der Waals surface area contributed by atoms with E-state index in [4.69, 9.17) is 9.47 Å². The van der Waals surface area contributed by atoms with Crippen LogP contribution in [0, 0.1) is 0 Å². The Kier molecular flexibility index (Phi) is 6.32. The van der Waals surface area contributed by atoms with Gasteiger partial charge in [-0.1, -0.05) is 48.5 Å². The molecule has 1 amide bonds. The van der Waals surface area contributed by atoms with Crippen molar-refractivity contribution >= 4 is 17.6 Å². The quantitative estimate of drug-likeness (QED) is 0.538. The number of para-hydroxylation sites is 1. The highest BCUT2D eigenvalue weighted by molar-refractivity contribution is 5.97. The minimum Gasteiger partial charge on any atom is -0.454 e. The van der Waals surface area contributed by atoms with Crippen LogP contribution in [0.4, 0.5) is 5.69 Å². The van der Waals surface area contributed by atoms with Gasteiger partial charge in [-0.3, -0.25) is 4.79 Å². The fourth-order valence-corrected chi connectivity index (χ4v) is 4.69. The van der Waals surface area contributed by atoms with Crippen molar-refractivity contribution in [1.82, 2.24) is 4.90 Å². The standard InChI is InChI=1S/C28H28N2O4/c1-29(19-22-9-5-6-10-25(22)30-13-15-33-16-14-30)27(31)21-11-12-24-23(17-21)18-26(34-28(24)32)20-7-3-2-4-8-20/h2-12,17,26H,13-16,18-19H2,1H3/t26-/m0/s1. The molecule has 0 N–H and O–H groups in total. The van der Waals surface area contributed by atoms with Gasteiger partial charge < -0.3 is 19.3 Å². The second kappa shape index (κ2) is 9.69. The number of nitrogens with zero attached hydrogens (tertiary/aromatic N) is 2. The van der Waals surface area contributed by atoms with Gasteiger partial charge in [-0.15, -0.1) is 0 Å². The normalized spacial score (nSPS) is 17.6. The van der Waals surface area contributed by atoms with Crippen LogP contribution in [0.2, 0.25) is 0 Å². The van der Waals surface area contributed by atoms with E-state index in [1.807, 2.05) is 55.6 Å². The summed E-state index contributed by atoms with van der Waals surface area (Å²) >= 11 is 0. The molecule has 0 radical (unpaired) electrons. The Bertz CT molecular complexity index is 1190. The molecule has 3 aromatic rings. The van der Waals surface area contributed by atoms with Crippen molar-refractivity contribution in [3.05, 3.63) is 101 Å². The van der Waals surface area contributed by atoms with Crippen molar-refractivity contribution in [2.75, 3.05) is 38.3 Å². The molecule has 1 atom stereocenters. The van der Waals surface area contributed by atoms with Gasteiger partial charge in [0.1, 0.15) is 6.10 Å². The Labute approximate surface area is 199 Å². The van der Waals surface area contributed by atoms with Crippen LogP contribution in [-0.4, -0.2) is 50.1 Å². The van der Waals surface area contributed by atoms with Crippen LogP contribution >= 0.6 is 0 Å². The molecule has 0 aromatic heterocycles. The lowest BCUT2D eigenvalue weighted by Gasteiger charge is -2.31. The summed E-state index contributed by atoms with van der Waals surface area (Å²) in [4.78, 5) is 30.0. The molecular formula is C28H28N2O4. The van der Waals surface area contributed by atoms with E-state index in [0.29, 0.717) is 37.3 Å². The van der Waals surface area contributed by atoms with E-state index < -0.39 is 0 Å². The summed E-state index contributed by atoms with van der Waals surface area (Å²) in [5.41, 5.74) is 5.15. The number of anilines is 1. The molecule has 2 heterocycles. The minimum atomic E-state index is -0.345. The third-order valence-electron chi connectivity index (χ3n) is 6.50. The molecule has 2 aliphatic heterocycles. The van der Waals surface area contributed by atoms with E-state index >= 15 is 0 Å². The number of rotatable bonds is 5. The first-order chi connectivity index (χ1) is 16.6. The lowest BCUT2D eigenvalue weighted by molar-refractivity contribution is 0.0252. The number of fused-ring (bicyclic) bond motifs is 1. The predicted molar refractivity (Wildman–Crippen MR) is 130 cm³/mol. The summed E-state index contributed by atoms with van der Waals surface area (Å²) in [6.07, 6.45) is 0.208. The van der Waals surface area contributed by atoms with Crippen LogP contribution in [0.25, 0.3) is 0 Å². The highest BCUT2D eigenvalue weighted by Crippen LogP contribution is 2.31. The molecule has 174 valence electrons. The summed E-state index contributed by atoms with van der Waals surface area (Å²) in [6.45, 7) is 3.61. The molecule has 0 saturated carbocycles. The lowest BCUT2D eigenvalue weighted by atomic mass is 9.93. The summed E-state index contributed by atoms with van der Waals surface area (Å²) in [6, 6.07) is 23.2. The molecule has 2 aliphatic rings. The third kappa shape index (κ3) is 4.54. The van der Waals surface area contributed by atoms with Gasteiger partial charge in [-0.2, -0.15) is 0 Å². The number of amides is 1. The first-order valence-electron chi connectivity index (χ1n) is 11.6. The zero-order valence-corrected chi connectivity index (χ0v) is 19.3. The molecule has 34 heavy (non-hydrogen) atoms. The van der Waals surface area contributed by atoms with Gasteiger partial charge >= 0.3 is 5.97 Å². The Morgan fingerprint density at radius 2 is 1.74 bits per heavy atom. The smallest absolute Gasteiger partial charge is 0.339 e. The number of carbonyl (C=O) groups is 2. The second-order valence-corrected chi connectivity index (χ2v) is 8.77. The Morgan fingerprint density at radius 1 is 1.00 bits per heavy atom. The summed E-state index contributed by atoms with van der Waals surface area (Å²) in [5.74, 6) is -0.420. The van der Waals surface area contributed by atoms with Gasteiger partial charge in [0, 0.05) is 44.4 Å². The van der Waals surface area contributed by atoms with Gasteiger partial charge in [0.15, 0.2) is 0 Å². The number of benzene rings is 3. The largest absolute Gasteiger partial charge is 0.454 e. The predicted octanol–water partition coefficient (Wildman–Crippen LogP) is 4.25. The molecule has 1 fully saturated rings. The number of esters is 1. The Balaban J connectivity index is 1.34.